The van der Waals surface area contributed by atoms with E-state index in [-0.39, 0.29) is 5.92 Å². The van der Waals surface area contributed by atoms with Gasteiger partial charge in [-0.2, -0.15) is 8.42 Å². The number of rotatable bonds is 5. The summed E-state index contributed by atoms with van der Waals surface area (Å²) in [7, 11) is -4.52. The SMILES string of the molecule is CCC(C)C(C(=O)NS(=O)(=O)O)c1ccccc1. The van der Waals surface area contributed by atoms with E-state index in [0.29, 0.717) is 0 Å². The Morgan fingerprint density at radius 3 is 2.33 bits per heavy atom. The first-order valence-electron chi connectivity index (χ1n) is 5.69. The van der Waals surface area contributed by atoms with E-state index < -0.39 is 22.1 Å². The Kier molecular flexibility index (Phi) is 4.86. The second-order valence-corrected chi connectivity index (χ2v) is 5.37. The van der Waals surface area contributed by atoms with Crippen molar-refractivity contribution in [3.63, 3.8) is 0 Å². The predicted octanol–water partition coefficient (Wildman–Crippen LogP) is 1.74. The summed E-state index contributed by atoms with van der Waals surface area (Å²) in [4.78, 5) is 11.9. The molecule has 1 aromatic carbocycles. The van der Waals surface area contributed by atoms with E-state index in [1.165, 1.54) is 0 Å². The zero-order valence-corrected chi connectivity index (χ0v) is 11.1. The Morgan fingerprint density at radius 2 is 1.89 bits per heavy atom. The Hall–Kier alpha value is -1.40. The van der Waals surface area contributed by atoms with E-state index in [1.807, 2.05) is 19.9 Å². The summed E-state index contributed by atoms with van der Waals surface area (Å²) in [6, 6.07) is 8.91. The first-order valence-corrected chi connectivity index (χ1v) is 7.13. The molecule has 0 aliphatic carbocycles. The molecule has 100 valence electrons. The van der Waals surface area contributed by atoms with Crippen LogP contribution in [0.1, 0.15) is 31.7 Å². The van der Waals surface area contributed by atoms with Crippen molar-refractivity contribution in [2.75, 3.05) is 0 Å². The zero-order chi connectivity index (χ0) is 13.8. The van der Waals surface area contributed by atoms with E-state index in [0.717, 1.165) is 12.0 Å². The molecular weight excluding hydrogens is 254 g/mol. The summed E-state index contributed by atoms with van der Waals surface area (Å²) in [5.41, 5.74) is 0.730. The van der Waals surface area contributed by atoms with Crippen molar-refractivity contribution >= 4 is 16.2 Å². The third kappa shape index (κ3) is 4.12. The third-order valence-corrected chi connectivity index (χ3v) is 3.34. The molecule has 0 aliphatic heterocycles. The summed E-state index contributed by atoms with van der Waals surface area (Å²) in [5, 5.41) is 0. The largest absolute Gasteiger partial charge is 0.359 e. The van der Waals surface area contributed by atoms with E-state index in [4.69, 9.17) is 4.55 Å². The fourth-order valence-electron chi connectivity index (χ4n) is 1.83. The molecule has 0 saturated heterocycles. The minimum absolute atomic E-state index is 0.0332. The molecule has 0 saturated carbocycles. The molecule has 6 heteroatoms. The highest BCUT2D eigenvalue weighted by Gasteiger charge is 2.28. The summed E-state index contributed by atoms with van der Waals surface area (Å²) in [5.74, 6) is -1.34. The highest BCUT2D eigenvalue weighted by molar-refractivity contribution is 7.84. The van der Waals surface area contributed by atoms with Crippen LogP contribution in [-0.4, -0.2) is 18.9 Å². The highest BCUT2D eigenvalue weighted by Crippen LogP contribution is 2.27. The van der Waals surface area contributed by atoms with Gasteiger partial charge in [0.2, 0.25) is 5.91 Å². The lowest BCUT2D eigenvalue weighted by atomic mass is 9.85. The molecule has 0 aliphatic rings. The maximum atomic E-state index is 11.9. The lowest BCUT2D eigenvalue weighted by molar-refractivity contribution is -0.122. The predicted molar refractivity (Wildman–Crippen MR) is 68.3 cm³/mol. The minimum Gasteiger partial charge on any atom is -0.273 e. The minimum atomic E-state index is -4.52. The van der Waals surface area contributed by atoms with Gasteiger partial charge in [0, 0.05) is 0 Å². The van der Waals surface area contributed by atoms with Crippen molar-refractivity contribution in [3.05, 3.63) is 35.9 Å². The molecule has 0 bridgehead atoms. The van der Waals surface area contributed by atoms with Crippen LogP contribution in [0.5, 0.6) is 0 Å². The fourth-order valence-corrected chi connectivity index (χ4v) is 2.21. The van der Waals surface area contributed by atoms with Crippen molar-refractivity contribution in [3.8, 4) is 0 Å². The smallest absolute Gasteiger partial charge is 0.273 e. The van der Waals surface area contributed by atoms with Crippen molar-refractivity contribution in [1.29, 1.82) is 0 Å². The van der Waals surface area contributed by atoms with Gasteiger partial charge in [-0.05, 0) is 11.5 Å². The van der Waals surface area contributed by atoms with E-state index in [2.05, 4.69) is 0 Å². The van der Waals surface area contributed by atoms with Crippen LogP contribution >= 0.6 is 0 Å². The third-order valence-electron chi connectivity index (χ3n) is 2.88. The lowest BCUT2D eigenvalue weighted by Gasteiger charge is -2.21. The second kappa shape index (κ2) is 5.97. The first kappa shape index (κ1) is 14.7. The molecule has 2 atom stereocenters. The molecule has 0 spiro atoms. The monoisotopic (exact) mass is 271 g/mol. The number of benzene rings is 1. The van der Waals surface area contributed by atoms with Crippen LogP contribution in [0.2, 0.25) is 0 Å². The van der Waals surface area contributed by atoms with Crippen LogP contribution in [0.15, 0.2) is 30.3 Å². The molecular formula is C12H17NO4S. The zero-order valence-electron chi connectivity index (χ0n) is 10.3. The number of hydrogen-bond acceptors (Lipinski definition) is 3. The summed E-state index contributed by atoms with van der Waals surface area (Å²) >= 11 is 0. The highest BCUT2D eigenvalue weighted by atomic mass is 32.2. The molecule has 2 unspecified atom stereocenters. The molecule has 0 heterocycles. The Bertz CT molecular complexity index is 498. The van der Waals surface area contributed by atoms with Gasteiger partial charge < -0.3 is 0 Å². The van der Waals surface area contributed by atoms with Crippen LogP contribution in [0.25, 0.3) is 0 Å². The van der Waals surface area contributed by atoms with Crippen molar-refractivity contribution in [1.82, 2.24) is 4.72 Å². The lowest BCUT2D eigenvalue weighted by Crippen LogP contribution is -2.36. The molecule has 0 fully saturated rings. The van der Waals surface area contributed by atoms with Gasteiger partial charge in [-0.1, -0.05) is 50.6 Å². The average molecular weight is 271 g/mol. The van der Waals surface area contributed by atoms with Gasteiger partial charge in [0.25, 0.3) is 0 Å². The van der Waals surface area contributed by atoms with E-state index >= 15 is 0 Å². The van der Waals surface area contributed by atoms with Crippen LogP contribution in [0, 0.1) is 5.92 Å². The van der Waals surface area contributed by atoms with Gasteiger partial charge in [0.05, 0.1) is 5.92 Å². The van der Waals surface area contributed by atoms with Gasteiger partial charge in [0.1, 0.15) is 0 Å². The van der Waals surface area contributed by atoms with Gasteiger partial charge in [0.15, 0.2) is 0 Å². The molecule has 18 heavy (non-hydrogen) atoms. The summed E-state index contributed by atoms with van der Waals surface area (Å²) in [6.07, 6.45) is 0.721. The molecule has 1 rings (SSSR count). The molecule has 0 radical (unpaired) electrons. The average Bonchev–Trinajstić information content (AvgIpc) is 2.28. The Labute approximate surface area is 107 Å². The fraction of sp³-hybridized carbons (Fsp3) is 0.417. The van der Waals surface area contributed by atoms with Crippen molar-refractivity contribution < 1.29 is 17.8 Å². The normalized spacial score (nSPS) is 14.8. The van der Waals surface area contributed by atoms with Gasteiger partial charge in [-0.25, -0.2) is 4.72 Å². The molecule has 0 aromatic heterocycles. The summed E-state index contributed by atoms with van der Waals surface area (Å²) < 4.78 is 31.7. The number of carbonyl (C=O) groups is 1. The molecule has 1 aromatic rings. The van der Waals surface area contributed by atoms with Crippen molar-refractivity contribution in [2.24, 2.45) is 5.92 Å². The molecule has 2 N–H and O–H groups in total. The van der Waals surface area contributed by atoms with Crippen molar-refractivity contribution in [2.45, 2.75) is 26.2 Å². The van der Waals surface area contributed by atoms with Gasteiger partial charge >= 0.3 is 10.3 Å². The number of amides is 1. The van der Waals surface area contributed by atoms with Crippen LogP contribution in [-0.2, 0) is 15.1 Å². The topological polar surface area (TPSA) is 83.5 Å². The van der Waals surface area contributed by atoms with E-state index in [9.17, 15) is 13.2 Å². The molecule has 1 amide bonds. The number of carbonyl (C=O) groups excluding carboxylic acids is 1. The van der Waals surface area contributed by atoms with Crippen LogP contribution < -0.4 is 4.72 Å². The number of nitrogens with one attached hydrogen (secondary N) is 1. The second-order valence-electron chi connectivity index (χ2n) is 4.22. The standard InChI is InChI=1S/C12H17NO4S/c1-3-9(2)11(10-7-5-4-6-8-10)12(14)13-18(15,16)17/h4-9,11H,3H2,1-2H3,(H,13,14)(H,15,16,17). The molecule has 5 nitrogen and oxygen atoms in total. The van der Waals surface area contributed by atoms with Gasteiger partial charge in [-0.15, -0.1) is 0 Å². The first-order chi connectivity index (χ1) is 8.35. The number of hydrogen-bond donors (Lipinski definition) is 2. The van der Waals surface area contributed by atoms with E-state index in [1.54, 1.807) is 29.0 Å². The quantitative estimate of drug-likeness (QED) is 0.799. The maximum Gasteiger partial charge on any atom is 0.359 e. The van der Waals surface area contributed by atoms with Crippen LogP contribution in [0.3, 0.4) is 0 Å². The Morgan fingerprint density at radius 1 is 1.33 bits per heavy atom. The van der Waals surface area contributed by atoms with Gasteiger partial charge in [-0.3, -0.25) is 9.35 Å². The maximum absolute atomic E-state index is 11.9. The Balaban J connectivity index is 3.04. The van der Waals surface area contributed by atoms with Crippen LogP contribution in [0.4, 0.5) is 0 Å². The summed E-state index contributed by atoms with van der Waals surface area (Å²) in [6.45, 7) is 3.78.